The maximum atomic E-state index is 13.5. The molecule has 0 bridgehead atoms. The van der Waals surface area contributed by atoms with Crippen LogP contribution in [0.4, 0.5) is 10.1 Å². The van der Waals surface area contributed by atoms with Crippen molar-refractivity contribution < 1.29 is 9.18 Å². The molecule has 0 spiro atoms. The molecule has 0 radical (unpaired) electrons. The van der Waals surface area contributed by atoms with Crippen molar-refractivity contribution in [1.29, 1.82) is 0 Å². The highest BCUT2D eigenvalue weighted by Gasteiger charge is 2.28. The first-order valence-electron chi connectivity index (χ1n) is 6.51. The van der Waals surface area contributed by atoms with E-state index in [2.05, 4.69) is 21.2 Å². The number of benzene rings is 1. The van der Waals surface area contributed by atoms with E-state index >= 15 is 0 Å². The standard InChI is InChI=1S/C14H18BrFN2O/c1-8-6-10(15)11(16)7-13(8)18-14(19)9-4-2-3-5-12(9)17/h6-7,9,12H,2-5,17H2,1H3,(H,18,19). The van der Waals surface area contributed by atoms with Crippen LogP contribution in [0, 0.1) is 18.7 Å². The van der Waals surface area contributed by atoms with Gasteiger partial charge in [-0.2, -0.15) is 0 Å². The Labute approximate surface area is 120 Å². The highest BCUT2D eigenvalue weighted by atomic mass is 79.9. The predicted octanol–water partition coefficient (Wildman–Crippen LogP) is 3.35. The molecule has 0 saturated heterocycles. The first-order valence-corrected chi connectivity index (χ1v) is 7.30. The van der Waals surface area contributed by atoms with E-state index in [0.29, 0.717) is 10.2 Å². The van der Waals surface area contributed by atoms with Crippen LogP contribution in [0.25, 0.3) is 0 Å². The second-order valence-electron chi connectivity index (χ2n) is 5.13. The van der Waals surface area contributed by atoms with Gasteiger partial charge in [-0.05, 0) is 53.4 Å². The summed E-state index contributed by atoms with van der Waals surface area (Å²) in [5.41, 5.74) is 7.33. The topological polar surface area (TPSA) is 55.1 Å². The Morgan fingerprint density at radius 2 is 2.11 bits per heavy atom. The largest absolute Gasteiger partial charge is 0.327 e. The number of nitrogens with two attached hydrogens (primary N) is 1. The molecule has 3 N–H and O–H groups in total. The number of nitrogens with one attached hydrogen (secondary N) is 1. The summed E-state index contributed by atoms with van der Waals surface area (Å²) in [4.78, 5) is 12.2. The monoisotopic (exact) mass is 328 g/mol. The molecule has 1 amide bonds. The normalized spacial score (nSPS) is 23.2. The molecule has 3 nitrogen and oxygen atoms in total. The fourth-order valence-electron chi connectivity index (χ4n) is 2.49. The summed E-state index contributed by atoms with van der Waals surface area (Å²) in [7, 11) is 0. The van der Waals surface area contributed by atoms with E-state index in [4.69, 9.17) is 5.73 Å². The van der Waals surface area contributed by atoms with E-state index < -0.39 is 0 Å². The summed E-state index contributed by atoms with van der Waals surface area (Å²) in [6, 6.07) is 2.91. The van der Waals surface area contributed by atoms with E-state index in [1.165, 1.54) is 6.07 Å². The van der Waals surface area contributed by atoms with Crippen molar-refractivity contribution in [1.82, 2.24) is 0 Å². The van der Waals surface area contributed by atoms with Crippen LogP contribution in [0.1, 0.15) is 31.2 Å². The molecule has 0 heterocycles. The van der Waals surface area contributed by atoms with Gasteiger partial charge in [-0.1, -0.05) is 12.8 Å². The number of hydrogen-bond donors (Lipinski definition) is 2. The minimum Gasteiger partial charge on any atom is -0.327 e. The van der Waals surface area contributed by atoms with Crippen LogP contribution in [-0.4, -0.2) is 11.9 Å². The fraction of sp³-hybridized carbons (Fsp3) is 0.500. The van der Waals surface area contributed by atoms with Gasteiger partial charge < -0.3 is 11.1 Å². The summed E-state index contributed by atoms with van der Waals surface area (Å²) in [6.07, 6.45) is 3.80. The third kappa shape index (κ3) is 3.34. The Kier molecular flexibility index (Phi) is 4.58. The molecule has 1 aromatic carbocycles. The van der Waals surface area contributed by atoms with Crippen LogP contribution in [0.2, 0.25) is 0 Å². The number of rotatable bonds is 2. The van der Waals surface area contributed by atoms with Crippen LogP contribution in [0.15, 0.2) is 16.6 Å². The summed E-state index contributed by atoms with van der Waals surface area (Å²) < 4.78 is 13.9. The maximum absolute atomic E-state index is 13.5. The lowest BCUT2D eigenvalue weighted by atomic mass is 9.84. The van der Waals surface area contributed by atoms with Crippen molar-refractivity contribution in [3.8, 4) is 0 Å². The maximum Gasteiger partial charge on any atom is 0.229 e. The van der Waals surface area contributed by atoms with Crippen LogP contribution < -0.4 is 11.1 Å². The van der Waals surface area contributed by atoms with Crippen molar-refractivity contribution in [3.63, 3.8) is 0 Å². The second kappa shape index (κ2) is 6.01. The highest BCUT2D eigenvalue weighted by Crippen LogP contribution is 2.27. The first-order chi connectivity index (χ1) is 8.99. The van der Waals surface area contributed by atoms with Crippen molar-refractivity contribution >= 4 is 27.5 Å². The van der Waals surface area contributed by atoms with Crippen molar-refractivity contribution in [2.45, 2.75) is 38.6 Å². The number of anilines is 1. The Balaban J connectivity index is 2.12. The van der Waals surface area contributed by atoms with Crippen LogP contribution in [0.3, 0.4) is 0 Å². The van der Waals surface area contributed by atoms with Gasteiger partial charge in [0, 0.05) is 11.7 Å². The van der Waals surface area contributed by atoms with Gasteiger partial charge in [0.1, 0.15) is 5.82 Å². The van der Waals surface area contributed by atoms with E-state index in [-0.39, 0.29) is 23.7 Å². The zero-order valence-corrected chi connectivity index (χ0v) is 12.5. The fourth-order valence-corrected chi connectivity index (χ4v) is 2.95. The predicted molar refractivity (Wildman–Crippen MR) is 77.4 cm³/mol. The molecule has 0 aliphatic heterocycles. The summed E-state index contributed by atoms with van der Waals surface area (Å²) in [6.45, 7) is 1.83. The first kappa shape index (κ1) is 14.5. The molecule has 1 aliphatic carbocycles. The minimum absolute atomic E-state index is 0.0886. The van der Waals surface area contributed by atoms with Crippen molar-refractivity contribution in [2.75, 3.05) is 5.32 Å². The van der Waals surface area contributed by atoms with Gasteiger partial charge >= 0.3 is 0 Å². The van der Waals surface area contributed by atoms with Gasteiger partial charge in [-0.15, -0.1) is 0 Å². The SMILES string of the molecule is Cc1cc(Br)c(F)cc1NC(=O)C1CCCCC1N. The average Bonchev–Trinajstić information content (AvgIpc) is 2.36. The van der Waals surface area contributed by atoms with Gasteiger partial charge in [-0.3, -0.25) is 4.79 Å². The van der Waals surface area contributed by atoms with Crippen LogP contribution in [-0.2, 0) is 4.79 Å². The lowest BCUT2D eigenvalue weighted by Gasteiger charge is -2.27. The molecular formula is C14H18BrFN2O. The van der Waals surface area contributed by atoms with Crippen molar-refractivity contribution in [3.05, 3.63) is 28.0 Å². The van der Waals surface area contributed by atoms with Gasteiger partial charge in [0.2, 0.25) is 5.91 Å². The van der Waals surface area contributed by atoms with E-state index in [0.717, 1.165) is 31.2 Å². The number of amides is 1. The number of carbonyl (C=O) groups excluding carboxylic acids is 1. The Morgan fingerprint density at radius 1 is 1.42 bits per heavy atom. The quantitative estimate of drug-likeness (QED) is 0.874. The number of carbonyl (C=O) groups is 1. The Hall–Kier alpha value is -0.940. The summed E-state index contributed by atoms with van der Waals surface area (Å²) in [5.74, 6) is -0.647. The average molecular weight is 329 g/mol. The zero-order valence-electron chi connectivity index (χ0n) is 10.9. The van der Waals surface area contributed by atoms with E-state index in [1.54, 1.807) is 6.07 Å². The molecule has 19 heavy (non-hydrogen) atoms. The smallest absolute Gasteiger partial charge is 0.229 e. The molecule has 1 aliphatic rings. The molecule has 1 fully saturated rings. The van der Waals surface area contributed by atoms with E-state index in [1.807, 2.05) is 6.92 Å². The molecular weight excluding hydrogens is 311 g/mol. The van der Waals surface area contributed by atoms with E-state index in [9.17, 15) is 9.18 Å². The van der Waals surface area contributed by atoms with Crippen molar-refractivity contribution in [2.24, 2.45) is 11.7 Å². The van der Waals surface area contributed by atoms with Crippen LogP contribution >= 0.6 is 15.9 Å². The lowest BCUT2D eigenvalue weighted by Crippen LogP contribution is -2.40. The molecule has 0 aromatic heterocycles. The van der Waals surface area contributed by atoms with Crippen LogP contribution in [0.5, 0.6) is 0 Å². The number of halogens is 2. The molecule has 2 atom stereocenters. The summed E-state index contributed by atoms with van der Waals surface area (Å²) >= 11 is 3.12. The van der Waals surface area contributed by atoms with Gasteiger partial charge in [-0.25, -0.2) is 4.39 Å². The van der Waals surface area contributed by atoms with Gasteiger partial charge in [0.25, 0.3) is 0 Å². The Morgan fingerprint density at radius 3 is 2.79 bits per heavy atom. The molecule has 2 rings (SSSR count). The number of aryl methyl sites for hydroxylation is 1. The molecule has 1 saturated carbocycles. The van der Waals surface area contributed by atoms with Gasteiger partial charge in [0.15, 0.2) is 0 Å². The molecule has 104 valence electrons. The molecule has 2 unspecified atom stereocenters. The third-order valence-corrected chi connectivity index (χ3v) is 4.29. The number of hydrogen-bond acceptors (Lipinski definition) is 2. The molecule has 1 aromatic rings. The Bertz CT molecular complexity index is 493. The third-order valence-electron chi connectivity index (χ3n) is 3.68. The minimum atomic E-state index is -0.381. The van der Waals surface area contributed by atoms with Gasteiger partial charge in [0.05, 0.1) is 10.4 Å². The lowest BCUT2D eigenvalue weighted by molar-refractivity contribution is -0.121. The summed E-state index contributed by atoms with van der Waals surface area (Å²) in [5, 5.41) is 2.80. The second-order valence-corrected chi connectivity index (χ2v) is 5.98. The highest BCUT2D eigenvalue weighted by molar-refractivity contribution is 9.10. The zero-order chi connectivity index (χ0) is 14.0. The molecule has 5 heteroatoms.